The smallest absolute Gasteiger partial charge is 0.144 e. The van der Waals surface area contributed by atoms with Gasteiger partial charge in [0, 0.05) is 23.5 Å². The van der Waals surface area contributed by atoms with Gasteiger partial charge in [0.1, 0.15) is 5.65 Å². The van der Waals surface area contributed by atoms with Gasteiger partial charge in [0.25, 0.3) is 0 Å². The molecule has 84 valence electrons. The third kappa shape index (κ3) is 1.72. The molecule has 1 aromatic carbocycles. The zero-order chi connectivity index (χ0) is 11.8. The monoisotopic (exact) mass is 222 g/mol. The van der Waals surface area contributed by atoms with Crippen LogP contribution in [0.4, 0.5) is 0 Å². The van der Waals surface area contributed by atoms with E-state index in [9.17, 15) is 0 Å². The molecule has 0 amide bonds. The van der Waals surface area contributed by atoms with Crippen molar-refractivity contribution in [2.24, 2.45) is 0 Å². The summed E-state index contributed by atoms with van der Waals surface area (Å²) >= 11 is 0. The molecule has 2 nitrogen and oxygen atoms in total. The van der Waals surface area contributed by atoms with Crippen molar-refractivity contribution in [3.05, 3.63) is 59.9 Å². The number of rotatable bonds is 1. The number of aromatic nitrogens is 2. The third-order valence-electron chi connectivity index (χ3n) is 2.98. The number of pyridine rings is 1. The predicted molar refractivity (Wildman–Crippen MR) is 70.5 cm³/mol. The van der Waals surface area contributed by atoms with E-state index in [1.165, 1.54) is 16.5 Å². The van der Waals surface area contributed by atoms with E-state index in [4.69, 9.17) is 0 Å². The van der Waals surface area contributed by atoms with Crippen LogP contribution in [-0.4, -0.2) is 9.55 Å². The van der Waals surface area contributed by atoms with Crippen LogP contribution in [0, 0.1) is 13.8 Å². The molecule has 0 spiro atoms. The molecule has 2 heteroatoms. The maximum atomic E-state index is 4.50. The lowest BCUT2D eigenvalue weighted by molar-refractivity contribution is 1.09. The normalized spacial score (nSPS) is 10.9. The van der Waals surface area contributed by atoms with Gasteiger partial charge in [-0.1, -0.05) is 17.7 Å². The number of fused-ring (bicyclic) bond motifs is 1. The molecule has 3 aromatic rings. The van der Waals surface area contributed by atoms with Gasteiger partial charge in [0.15, 0.2) is 0 Å². The summed E-state index contributed by atoms with van der Waals surface area (Å²) in [5.74, 6) is 0. The fourth-order valence-electron chi connectivity index (χ4n) is 2.05. The summed E-state index contributed by atoms with van der Waals surface area (Å²) in [5.41, 5.74) is 4.63. The first-order valence-electron chi connectivity index (χ1n) is 5.75. The quantitative estimate of drug-likeness (QED) is 0.614. The first-order chi connectivity index (χ1) is 8.24. The summed E-state index contributed by atoms with van der Waals surface area (Å²) in [6.07, 6.45) is 3.98. The van der Waals surface area contributed by atoms with Gasteiger partial charge in [-0.05, 0) is 43.7 Å². The van der Waals surface area contributed by atoms with Crippen molar-refractivity contribution in [1.82, 2.24) is 9.55 Å². The van der Waals surface area contributed by atoms with E-state index in [0.29, 0.717) is 0 Å². The average molecular weight is 222 g/mol. The minimum atomic E-state index is 1.01. The van der Waals surface area contributed by atoms with Crippen LogP contribution in [0.25, 0.3) is 16.7 Å². The fraction of sp³-hybridized carbons (Fsp3) is 0.133. The van der Waals surface area contributed by atoms with Gasteiger partial charge in [-0.15, -0.1) is 0 Å². The topological polar surface area (TPSA) is 17.8 Å². The predicted octanol–water partition coefficient (Wildman–Crippen LogP) is 3.64. The van der Waals surface area contributed by atoms with Crippen molar-refractivity contribution in [3.63, 3.8) is 0 Å². The number of hydrogen-bond acceptors (Lipinski definition) is 1. The molecular formula is C15H14N2. The standard InChI is InChI=1S/C15H14N2/c1-11-3-5-14(6-4-11)17-8-7-13-9-12(2)10-16-15(13)17/h3-10H,1-2H3. The second kappa shape index (κ2) is 3.74. The molecule has 0 aliphatic carbocycles. The maximum Gasteiger partial charge on any atom is 0.144 e. The Morgan fingerprint density at radius 2 is 1.71 bits per heavy atom. The minimum Gasteiger partial charge on any atom is -0.301 e. The molecule has 2 heterocycles. The summed E-state index contributed by atoms with van der Waals surface area (Å²) in [4.78, 5) is 4.50. The lowest BCUT2D eigenvalue weighted by Gasteiger charge is -2.05. The van der Waals surface area contributed by atoms with Crippen LogP contribution < -0.4 is 0 Å². The van der Waals surface area contributed by atoms with Crippen LogP contribution in [0.1, 0.15) is 11.1 Å². The Bertz CT molecular complexity index is 663. The van der Waals surface area contributed by atoms with Gasteiger partial charge in [-0.2, -0.15) is 0 Å². The first kappa shape index (κ1) is 10.1. The Balaban J connectivity index is 2.21. The van der Waals surface area contributed by atoms with Gasteiger partial charge in [-0.3, -0.25) is 0 Å². The molecule has 0 fully saturated rings. The number of benzene rings is 1. The summed E-state index contributed by atoms with van der Waals surface area (Å²) in [6, 6.07) is 12.7. The summed E-state index contributed by atoms with van der Waals surface area (Å²) in [7, 11) is 0. The minimum absolute atomic E-state index is 1.01. The second-order valence-electron chi connectivity index (χ2n) is 4.45. The molecule has 0 radical (unpaired) electrons. The fourth-order valence-corrected chi connectivity index (χ4v) is 2.05. The van der Waals surface area contributed by atoms with E-state index >= 15 is 0 Å². The van der Waals surface area contributed by atoms with Crippen molar-refractivity contribution >= 4 is 11.0 Å². The molecule has 0 atom stereocenters. The SMILES string of the molecule is Cc1ccc(-n2ccc3cc(C)cnc32)cc1. The molecular weight excluding hydrogens is 208 g/mol. The lowest BCUT2D eigenvalue weighted by atomic mass is 10.2. The van der Waals surface area contributed by atoms with Crippen LogP contribution in [0.15, 0.2) is 48.8 Å². The molecule has 17 heavy (non-hydrogen) atoms. The number of aryl methyl sites for hydroxylation is 2. The maximum absolute atomic E-state index is 4.50. The number of hydrogen-bond donors (Lipinski definition) is 0. The molecule has 0 aliphatic rings. The molecule has 0 saturated heterocycles. The summed E-state index contributed by atoms with van der Waals surface area (Å²) < 4.78 is 2.12. The summed E-state index contributed by atoms with van der Waals surface area (Å²) in [6.45, 7) is 4.16. The van der Waals surface area contributed by atoms with E-state index < -0.39 is 0 Å². The Kier molecular flexibility index (Phi) is 2.22. The number of nitrogens with zero attached hydrogens (tertiary/aromatic N) is 2. The molecule has 0 bridgehead atoms. The van der Waals surface area contributed by atoms with Crippen molar-refractivity contribution in [2.75, 3.05) is 0 Å². The Labute approximate surface area is 101 Å². The highest BCUT2D eigenvalue weighted by atomic mass is 15.0. The average Bonchev–Trinajstić information content (AvgIpc) is 2.73. The van der Waals surface area contributed by atoms with Crippen molar-refractivity contribution in [3.8, 4) is 5.69 Å². The highest BCUT2D eigenvalue weighted by Gasteiger charge is 2.03. The van der Waals surface area contributed by atoms with Crippen LogP contribution in [-0.2, 0) is 0 Å². The highest BCUT2D eigenvalue weighted by molar-refractivity contribution is 5.78. The zero-order valence-electron chi connectivity index (χ0n) is 10.0. The van der Waals surface area contributed by atoms with Crippen LogP contribution in [0.3, 0.4) is 0 Å². The molecule has 0 saturated carbocycles. The highest BCUT2D eigenvalue weighted by Crippen LogP contribution is 2.19. The van der Waals surface area contributed by atoms with Crippen molar-refractivity contribution in [1.29, 1.82) is 0 Å². The van der Waals surface area contributed by atoms with Gasteiger partial charge in [0.2, 0.25) is 0 Å². The van der Waals surface area contributed by atoms with Gasteiger partial charge in [-0.25, -0.2) is 4.98 Å². The molecule has 0 N–H and O–H groups in total. The van der Waals surface area contributed by atoms with E-state index in [2.05, 4.69) is 66.0 Å². The first-order valence-corrected chi connectivity index (χ1v) is 5.75. The third-order valence-corrected chi connectivity index (χ3v) is 2.98. The zero-order valence-corrected chi connectivity index (χ0v) is 10.0. The van der Waals surface area contributed by atoms with E-state index in [-0.39, 0.29) is 0 Å². The van der Waals surface area contributed by atoms with E-state index in [0.717, 1.165) is 11.3 Å². The second-order valence-corrected chi connectivity index (χ2v) is 4.45. The Hall–Kier alpha value is -2.09. The largest absolute Gasteiger partial charge is 0.301 e. The van der Waals surface area contributed by atoms with Gasteiger partial charge >= 0.3 is 0 Å². The van der Waals surface area contributed by atoms with E-state index in [1.54, 1.807) is 0 Å². The lowest BCUT2D eigenvalue weighted by Crippen LogP contribution is -1.93. The summed E-state index contributed by atoms with van der Waals surface area (Å²) in [5, 5.41) is 1.19. The Morgan fingerprint density at radius 3 is 2.47 bits per heavy atom. The van der Waals surface area contributed by atoms with Gasteiger partial charge < -0.3 is 4.57 Å². The van der Waals surface area contributed by atoms with Crippen LogP contribution in [0.2, 0.25) is 0 Å². The van der Waals surface area contributed by atoms with E-state index in [1.807, 2.05) is 6.20 Å². The van der Waals surface area contributed by atoms with Crippen molar-refractivity contribution < 1.29 is 0 Å². The molecule has 0 unspecified atom stereocenters. The van der Waals surface area contributed by atoms with Crippen LogP contribution >= 0.6 is 0 Å². The molecule has 2 aromatic heterocycles. The van der Waals surface area contributed by atoms with Crippen LogP contribution in [0.5, 0.6) is 0 Å². The Morgan fingerprint density at radius 1 is 0.941 bits per heavy atom. The molecule has 3 rings (SSSR count). The van der Waals surface area contributed by atoms with Gasteiger partial charge in [0.05, 0.1) is 0 Å². The van der Waals surface area contributed by atoms with Crippen molar-refractivity contribution in [2.45, 2.75) is 13.8 Å². The molecule has 0 aliphatic heterocycles.